The number of benzene rings is 1. The predicted molar refractivity (Wildman–Crippen MR) is 83.6 cm³/mol. The van der Waals surface area contributed by atoms with Crippen LogP contribution in [0.5, 0.6) is 0 Å². The molecule has 2 atom stereocenters. The van der Waals surface area contributed by atoms with Crippen molar-refractivity contribution in [1.29, 1.82) is 5.26 Å². The molecule has 0 bridgehead atoms. The summed E-state index contributed by atoms with van der Waals surface area (Å²) in [6.07, 6.45) is 4.82. The van der Waals surface area contributed by atoms with Crippen LogP contribution in [-0.2, 0) is 6.54 Å². The van der Waals surface area contributed by atoms with Crippen LogP contribution in [0.2, 0.25) is 12.1 Å². The molecule has 2 unspecified atom stereocenters. The first-order valence-corrected chi connectivity index (χ1v) is 7.87. The lowest BCUT2D eigenvalue weighted by atomic mass is 9.41. The van der Waals surface area contributed by atoms with Crippen LogP contribution in [0.3, 0.4) is 0 Å². The molecule has 3 heteroatoms. The first kappa shape index (κ1) is 13.7. The number of likely N-dealkylation sites (tertiary alicyclic amines) is 1. The lowest BCUT2D eigenvalue weighted by Gasteiger charge is -2.30. The van der Waals surface area contributed by atoms with Crippen molar-refractivity contribution in [2.75, 3.05) is 13.1 Å². The molecule has 2 nitrogen and oxygen atoms in total. The van der Waals surface area contributed by atoms with Gasteiger partial charge in [-0.2, -0.15) is 0 Å². The Hall–Kier alpha value is -1.27. The second-order valence-corrected chi connectivity index (χ2v) is 6.84. The minimum atomic E-state index is 0.302. The van der Waals surface area contributed by atoms with E-state index in [1.54, 1.807) is 0 Å². The third kappa shape index (κ3) is 2.62. The van der Waals surface area contributed by atoms with Crippen LogP contribution in [-0.4, -0.2) is 24.7 Å². The maximum atomic E-state index is 9.35. The zero-order chi connectivity index (χ0) is 14.0. The molecule has 0 N–H and O–H groups in total. The molecule has 0 aliphatic carbocycles. The van der Waals surface area contributed by atoms with Gasteiger partial charge in [-0.15, -0.1) is 0 Å². The Morgan fingerprint density at radius 2 is 2.10 bits per heavy atom. The molecule has 0 saturated carbocycles. The summed E-state index contributed by atoms with van der Waals surface area (Å²) in [5, 5.41) is 9.35. The summed E-state index contributed by atoms with van der Waals surface area (Å²) in [5.74, 6) is 3.18. The number of nitrogens with zero attached hydrogens (tertiary/aromatic N) is 2. The van der Waals surface area contributed by atoms with Crippen LogP contribution in [0.4, 0.5) is 0 Å². The topological polar surface area (TPSA) is 27.0 Å². The lowest BCUT2D eigenvalue weighted by Crippen LogP contribution is -2.25. The standard InChI is InChI=1S/C17H23BN2/c1-17-8-10-18(14-19)16(17)7-11-20(12-9-17)13-15-5-3-2-4-6-15/h2-6,16H,7-13H2,1H3. The normalized spacial score (nSPS) is 30.6. The summed E-state index contributed by atoms with van der Waals surface area (Å²) in [6.45, 7) is 6.10. The molecule has 2 aliphatic rings. The van der Waals surface area contributed by atoms with Gasteiger partial charge in [0.15, 0.2) is 0 Å². The molecule has 2 aliphatic heterocycles. The summed E-state index contributed by atoms with van der Waals surface area (Å²) in [4.78, 5) is 2.58. The van der Waals surface area contributed by atoms with Gasteiger partial charge in [-0.1, -0.05) is 50.0 Å². The highest BCUT2D eigenvalue weighted by molar-refractivity contribution is 6.69. The number of hydrogen-bond acceptors (Lipinski definition) is 2. The minimum Gasteiger partial charge on any atom is -0.299 e. The largest absolute Gasteiger partial charge is 0.299 e. The zero-order valence-electron chi connectivity index (χ0n) is 12.4. The van der Waals surface area contributed by atoms with Gasteiger partial charge in [-0.3, -0.25) is 4.90 Å². The molecule has 0 amide bonds. The van der Waals surface area contributed by atoms with Crippen molar-refractivity contribution in [3.63, 3.8) is 0 Å². The molecular formula is C17H23BN2. The Labute approximate surface area is 122 Å². The highest BCUT2D eigenvalue weighted by atomic mass is 15.1. The summed E-state index contributed by atoms with van der Waals surface area (Å²) >= 11 is 0. The van der Waals surface area contributed by atoms with Gasteiger partial charge in [0, 0.05) is 12.5 Å². The van der Waals surface area contributed by atoms with Gasteiger partial charge < -0.3 is 0 Å². The van der Waals surface area contributed by atoms with Crippen LogP contribution in [0.1, 0.15) is 31.7 Å². The highest BCUT2D eigenvalue weighted by Crippen LogP contribution is 2.52. The van der Waals surface area contributed by atoms with Crippen molar-refractivity contribution in [3.8, 4) is 5.97 Å². The van der Waals surface area contributed by atoms with E-state index in [0.717, 1.165) is 19.4 Å². The Kier molecular flexibility index (Phi) is 3.85. The Morgan fingerprint density at radius 1 is 1.30 bits per heavy atom. The van der Waals surface area contributed by atoms with Gasteiger partial charge in [0.2, 0.25) is 0 Å². The molecule has 1 aromatic carbocycles. The third-order valence-electron chi connectivity index (χ3n) is 5.58. The number of hydrogen-bond donors (Lipinski definition) is 0. The fraction of sp³-hybridized carbons (Fsp3) is 0.588. The van der Waals surface area contributed by atoms with E-state index in [1.807, 2.05) is 0 Å². The molecule has 0 radical (unpaired) electrons. The van der Waals surface area contributed by atoms with Gasteiger partial charge in [0.1, 0.15) is 0 Å². The quantitative estimate of drug-likeness (QED) is 0.764. The number of fused-ring (bicyclic) bond motifs is 1. The molecule has 104 valence electrons. The van der Waals surface area contributed by atoms with Gasteiger partial charge in [-0.25, -0.2) is 5.26 Å². The van der Waals surface area contributed by atoms with E-state index in [2.05, 4.69) is 48.1 Å². The molecule has 2 saturated heterocycles. The average molecular weight is 266 g/mol. The van der Waals surface area contributed by atoms with Gasteiger partial charge >= 0.3 is 0 Å². The Bertz CT molecular complexity index is 495. The first-order valence-electron chi connectivity index (χ1n) is 7.87. The number of nitriles is 1. The molecule has 2 fully saturated rings. The van der Waals surface area contributed by atoms with Crippen molar-refractivity contribution in [2.45, 2.75) is 44.9 Å². The summed E-state index contributed by atoms with van der Waals surface area (Å²) < 4.78 is 0. The van der Waals surface area contributed by atoms with E-state index in [-0.39, 0.29) is 0 Å². The average Bonchev–Trinajstić information content (AvgIpc) is 2.71. The second-order valence-electron chi connectivity index (χ2n) is 6.84. The van der Waals surface area contributed by atoms with E-state index in [0.29, 0.717) is 17.9 Å². The van der Waals surface area contributed by atoms with E-state index >= 15 is 0 Å². The van der Waals surface area contributed by atoms with E-state index in [9.17, 15) is 5.26 Å². The maximum Gasteiger partial charge on any atom is 0.271 e. The van der Waals surface area contributed by atoms with Crippen LogP contribution < -0.4 is 0 Å². The molecule has 2 heterocycles. The van der Waals surface area contributed by atoms with Crippen molar-refractivity contribution in [1.82, 2.24) is 4.90 Å². The van der Waals surface area contributed by atoms with E-state index in [1.165, 1.54) is 31.4 Å². The second kappa shape index (κ2) is 5.62. The predicted octanol–water partition coefficient (Wildman–Crippen LogP) is 3.62. The Balaban J connectivity index is 1.67. The minimum absolute atomic E-state index is 0.302. The van der Waals surface area contributed by atoms with Crippen LogP contribution in [0, 0.1) is 16.6 Å². The monoisotopic (exact) mass is 266 g/mol. The molecule has 0 aromatic heterocycles. The first-order chi connectivity index (χ1) is 9.71. The third-order valence-corrected chi connectivity index (χ3v) is 5.58. The van der Waals surface area contributed by atoms with Crippen LogP contribution in [0.25, 0.3) is 0 Å². The van der Waals surface area contributed by atoms with E-state index in [4.69, 9.17) is 0 Å². The SMILES string of the molecule is CC12CCB(C#N)C1CCN(Cc1ccccc1)CC2. The highest BCUT2D eigenvalue weighted by Gasteiger charge is 2.48. The van der Waals surface area contributed by atoms with Crippen LogP contribution in [0.15, 0.2) is 30.3 Å². The molecule has 0 spiro atoms. The summed E-state index contributed by atoms with van der Waals surface area (Å²) in [7, 11) is 0. The van der Waals surface area contributed by atoms with Gasteiger partial charge in [0.25, 0.3) is 6.71 Å². The molecule has 1 aromatic rings. The van der Waals surface area contributed by atoms with Gasteiger partial charge in [-0.05, 0) is 42.7 Å². The smallest absolute Gasteiger partial charge is 0.271 e. The molecule has 3 rings (SSSR count). The van der Waals surface area contributed by atoms with Crippen molar-refractivity contribution >= 4 is 6.71 Å². The fourth-order valence-corrected chi connectivity index (χ4v) is 4.22. The van der Waals surface area contributed by atoms with Crippen LogP contribution >= 0.6 is 0 Å². The van der Waals surface area contributed by atoms with Crippen molar-refractivity contribution in [3.05, 3.63) is 35.9 Å². The summed E-state index contributed by atoms with van der Waals surface area (Å²) in [5.41, 5.74) is 1.81. The Morgan fingerprint density at radius 3 is 2.85 bits per heavy atom. The van der Waals surface area contributed by atoms with Crippen molar-refractivity contribution < 1.29 is 0 Å². The maximum absolute atomic E-state index is 9.35. The summed E-state index contributed by atoms with van der Waals surface area (Å²) in [6, 6.07) is 10.7. The molecule has 20 heavy (non-hydrogen) atoms. The fourth-order valence-electron chi connectivity index (χ4n) is 4.22. The molecular weight excluding hydrogens is 243 g/mol. The van der Waals surface area contributed by atoms with Crippen molar-refractivity contribution in [2.24, 2.45) is 5.41 Å². The zero-order valence-corrected chi connectivity index (χ0v) is 12.4. The van der Waals surface area contributed by atoms with Gasteiger partial charge in [0.05, 0.1) is 0 Å². The van der Waals surface area contributed by atoms with E-state index < -0.39 is 0 Å². The lowest BCUT2D eigenvalue weighted by molar-refractivity contribution is 0.245. The number of rotatable bonds is 2.